The Morgan fingerprint density at radius 3 is 2.57 bits per heavy atom. The standard InChI is InChI=1S/C19H20BrN3/c1-3-4-11-21-19-16-12-13(2)5-10-17(16)22-18(23-19)14-6-8-15(20)9-7-14/h5-10,12H,3-4,11H2,1-2H3,(H,21,22,23). The minimum atomic E-state index is 0.757. The van der Waals surface area contributed by atoms with Crippen molar-refractivity contribution in [3.05, 3.63) is 52.5 Å². The van der Waals surface area contributed by atoms with Gasteiger partial charge in [-0.3, -0.25) is 0 Å². The second-order valence-corrected chi connectivity index (χ2v) is 6.62. The van der Waals surface area contributed by atoms with Crippen LogP contribution in [0.2, 0.25) is 0 Å². The topological polar surface area (TPSA) is 37.8 Å². The van der Waals surface area contributed by atoms with Gasteiger partial charge in [-0.15, -0.1) is 0 Å². The number of aryl methyl sites for hydroxylation is 1. The van der Waals surface area contributed by atoms with Crippen LogP contribution in [0.15, 0.2) is 46.9 Å². The van der Waals surface area contributed by atoms with E-state index in [1.54, 1.807) is 0 Å². The minimum Gasteiger partial charge on any atom is -0.369 e. The molecule has 3 aromatic rings. The van der Waals surface area contributed by atoms with E-state index >= 15 is 0 Å². The number of benzene rings is 2. The average Bonchev–Trinajstić information content (AvgIpc) is 2.56. The van der Waals surface area contributed by atoms with Crippen molar-refractivity contribution in [2.75, 3.05) is 11.9 Å². The quantitative estimate of drug-likeness (QED) is 0.596. The lowest BCUT2D eigenvalue weighted by atomic mass is 10.1. The van der Waals surface area contributed by atoms with Crippen molar-refractivity contribution in [2.45, 2.75) is 26.7 Å². The van der Waals surface area contributed by atoms with Crippen molar-refractivity contribution in [3.8, 4) is 11.4 Å². The summed E-state index contributed by atoms with van der Waals surface area (Å²) in [7, 11) is 0. The molecule has 0 aliphatic carbocycles. The summed E-state index contributed by atoms with van der Waals surface area (Å²) in [5, 5.41) is 4.56. The van der Waals surface area contributed by atoms with E-state index in [0.29, 0.717) is 0 Å². The van der Waals surface area contributed by atoms with Crippen molar-refractivity contribution in [2.24, 2.45) is 0 Å². The SMILES string of the molecule is CCCCNc1nc(-c2ccc(Br)cc2)nc2ccc(C)cc12. The van der Waals surface area contributed by atoms with Gasteiger partial charge < -0.3 is 5.32 Å². The van der Waals surface area contributed by atoms with E-state index in [0.717, 1.165) is 52.0 Å². The van der Waals surface area contributed by atoms with Crippen LogP contribution < -0.4 is 5.32 Å². The summed E-state index contributed by atoms with van der Waals surface area (Å²) < 4.78 is 1.05. The third-order valence-electron chi connectivity index (χ3n) is 3.78. The first-order valence-corrected chi connectivity index (χ1v) is 8.75. The number of hydrogen-bond donors (Lipinski definition) is 1. The minimum absolute atomic E-state index is 0.757. The van der Waals surface area contributed by atoms with Gasteiger partial charge in [0.2, 0.25) is 0 Å². The van der Waals surface area contributed by atoms with Gasteiger partial charge in [-0.25, -0.2) is 9.97 Å². The summed E-state index contributed by atoms with van der Waals surface area (Å²) in [6.45, 7) is 5.21. The Labute approximate surface area is 145 Å². The predicted octanol–water partition coefficient (Wildman–Crippen LogP) is 5.58. The Kier molecular flexibility index (Phi) is 4.91. The molecular weight excluding hydrogens is 350 g/mol. The van der Waals surface area contributed by atoms with Crippen LogP contribution in [0.5, 0.6) is 0 Å². The molecule has 0 atom stereocenters. The first kappa shape index (κ1) is 15.9. The molecular formula is C19H20BrN3. The van der Waals surface area contributed by atoms with Crippen molar-refractivity contribution < 1.29 is 0 Å². The lowest BCUT2D eigenvalue weighted by Crippen LogP contribution is -2.05. The average molecular weight is 370 g/mol. The number of unbranched alkanes of at least 4 members (excludes halogenated alkanes) is 1. The highest BCUT2D eigenvalue weighted by Crippen LogP contribution is 2.26. The van der Waals surface area contributed by atoms with Gasteiger partial charge in [0.15, 0.2) is 5.82 Å². The molecule has 0 fully saturated rings. The van der Waals surface area contributed by atoms with Gasteiger partial charge in [0.25, 0.3) is 0 Å². The molecule has 1 N–H and O–H groups in total. The lowest BCUT2D eigenvalue weighted by molar-refractivity contribution is 0.832. The molecule has 118 valence electrons. The van der Waals surface area contributed by atoms with E-state index < -0.39 is 0 Å². The van der Waals surface area contributed by atoms with E-state index in [9.17, 15) is 0 Å². The third-order valence-corrected chi connectivity index (χ3v) is 4.31. The van der Waals surface area contributed by atoms with Crippen LogP contribution in [-0.2, 0) is 0 Å². The first-order valence-electron chi connectivity index (χ1n) is 7.95. The number of anilines is 1. The van der Waals surface area contributed by atoms with Crippen molar-refractivity contribution in [1.82, 2.24) is 9.97 Å². The largest absolute Gasteiger partial charge is 0.369 e. The van der Waals surface area contributed by atoms with Gasteiger partial charge in [-0.2, -0.15) is 0 Å². The second kappa shape index (κ2) is 7.09. The van der Waals surface area contributed by atoms with Gasteiger partial charge in [0.1, 0.15) is 5.82 Å². The Bertz CT molecular complexity index is 813. The number of hydrogen-bond acceptors (Lipinski definition) is 3. The molecule has 0 spiro atoms. The van der Waals surface area contributed by atoms with E-state index in [1.807, 2.05) is 24.3 Å². The molecule has 2 aromatic carbocycles. The summed E-state index contributed by atoms with van der Waals surface area (Å²) >= 11 is 3.47. The zero-order chi connectivity index (χ0) is 16.2. The van der Waals surface area contributed by atoms with Crippen molar-refractivity contribution >= 4 is 32.7 Å². The van der Waals surface area contributed by atoms with E-state index in [4.69, 9.17) is 9.97 Å². The molecule has 0 amide bonds. The van der Waals surface area contributed by atoms with E-state index in [-0.39, 0.29) is 0 Å². The summed E-state index contributed by atoms with van der Waals surface area (Å²) in [5.74, 6) is 1.68. The number of nitrogens with zero attached hydrogens (tertiary/aromatic N) is 2. The molecule has 3 rings (SSSR count). The van der Waals surface area contributed by atoms with E-state index in [1.165, 1.54) is 5.56 Å². The van der Waals surface area contributed by atoms with Gasteiger partial charge in [-0.1, -0.05) is 53.0 Å². The first-order chi connectivity index (χ1) is 11.2. The molecule has 1 aromatic heterocycles. The number of rotatable bonds is 5. The van der Waals surface area contributed by atoms with Crippen molar-refractivity contribution in [1.29, 1.82) is 0 Å². The summed E-state index contributed by atoms with van der Waals surface area (Å²) in [5.41, 5.74) is 3.22. The molecule has 1 heterocycles. The zero-order valence-corrected chi connectivity index (χ0v) is 15.0. The van der Waals surface area contributed by atoms with Crippen LogP contribution in [0.1, 0.15) is 25.3 Å². The van der Waals surface area contributed by atoms with Crippen LogP contribution in [0.3, 0.4) is 0 Å². The summed E-state index contributed by atoms with van der Waals surface area (Å²) in [6, 6.07) is 14.4. The summed E-state index contributed by atoms with van der Waals surface area (Å²) in [6.07, 6.45) is 2.29. The Morgan fingerprint density at radius 1 is 1.04 bits per heavy atom. The molecule has 0 saturated heterocycles. The van der Waals surface area contributed by atoms with Gasteiger partial charge in [0, 0.05) is 22.0 Å². The predicted molar refractivity (Wildman–Crippen MR) is 101 cm³/mol. The fourth-order valence-electron chi connectivity index (χ4n) is 2.49. The Morgan fingerprint density at radius 2 is 1.83 bits per heavy atom. The maximum absolute atomic E-state index is 4.78. The second-order valence-electron chi connectivity index (χ2n) is 5.70. The molecule has 0 aliphatic rings. The maximum atomic E-state index is 4.78. The molecule has 0 bridgehead atoms. The number of halogens is 1. The molecule has 0 radical (unpaired) electrons. The van der Waals surface area contributed by atoms with Crippen LogP contribution in [0, 0.1) is 6.92 Å². The smallest absolute Gasteiger partial charge is 0.162 e. The number of fused-ring (bicyclic) bond motifs is 1. The monoisotopic (exact) mass is 369 g/mol. The fourth-order valence-corrected chi connectivity index (χ4v) is 2.75. The molecule has 4 heteroatoms. The number of aromatic nitrogens is 2. The van der Waals surface area contributed by atoms with Gasteiger partial charge in [-0.05, 0) is 37.6 Å². The Hall–Kier alpha value is -1.94. The van der Waals surface area contributed by atoms with Crippen LogP contribution in [0.25, 0.3) is 22.3 Å². The van der Waals surface area contributed by atoms with Gasteiger partial charge in [0.05, 0.1) is 5.52 Å². The molecule has 23 heavy (non-hydrogen) atoms. The third kappa shape index (κ3) is 3.70. The maximum Gasteiger partial charge on any atom is 0.162 e. The van der Waals surface area contributed by atoms with Crippen LogP contribution in [0.4, 0.5) is 5.82 Å². The highest BCUT2D eigenvalue weighted by Gasteiger charge is 2.09. The Balaban J connectivity index is 2.08. The van der Waals surface area contributed by atoms with E-state index in [2.05, 4.69) is 53.3 Å². The highest BCUT2D eigenvalue weighted by molar-refractivity contribution is 9.10. The van der Waals surface area contributed by atoms with Crippen LogP contribution >= 0.6 is 15.9 Å². The molecule has 0 aliphatic heterocycles. The normalized spacial score (nSPS) is 10.9. The summed E-state index contributed by atoms with van der Waals surface area (Å²) in [4.78, 5) is 9.51. The number of nitrogens with one attached hydrogen (secondary N) is 1. The van der Waals surface area contributed by atoms with Crippen molar-refractivity contribution in [3.63, 3.8) is 0 Å². The zero-order valence-electron chi connectivity index (χ0n) is 13.4. The molecule has 0 saturated carbocycles. The van der Waals surface area contributed by atoms with Gasteiger partial charge >= 0.3 is 0 Å². The highest BCUT2D eigenvalue weighted by atomic mass is 79.9. The molecule has 3 nitrogen and oxygen atoms in total. The fraction of sp³-hybridized carbons (Fsp3) is 0.263. The lowest BCUT2D eigenvalue weighted by Gasteiger charge is -2.11. The van der Waals surface area contributed by atoms with Crippen LogP contribution in [-0.4, -0.2) is 16.5 Å². The molecule has 0 unspecified atom stereocenters.